The molecule has 0 fully saturated rings. The van der Waals surface area contributed by atoms with Crippen LogP contribution in [-0.4, -0.2) is 21.5 Å². The second-order valence-electron chi connectivity index (χ2n) is 4.03. The van der Waals surface area contributed by atoms with Gasteiger partial charge in [-0.2, -0.15) is 0 Å². The lowest BCUT2D eigenvalue weighted by Gasteiger charge is -2.07. The number of nitro groups is 1. The molecule has 0 aliphatic heterocycles. The summed E-state index contributed by atoms with van der Waals surface area (Å²) in [5.41, 5.74) is 0.817. The van der Waals surface area contributed by atoms with Gasteiger partial charge in [0.05, 0.1) is 17.8 Å². The molecular formula is C12H11BrN4O3. The molecular weight excluding hydrogens is 328 g/mol. The fourth-order valence-electron chi connectivity index (χ4n) is 1.77. The van der Waals surface area contributed by atoms with Crippen LogP contribution in [0.25, 0.3) is 0 Å². The standard InChI is InChI=1S/C12H11BrN4O3/c1-14-10-3-2-8(4-11(10)17(19)20)6-16-7-15-5-9(13)12(16)18/h2-5,7,14H,6H2,1H3. The maximum absolute atomic E-state index is 11.8. The molecule has 1 N–H and O–H groups in total. The van der Waals surface area contributed by atoms with Crippen LogP contribution in [-0.2, 0) is 6.54 Å². The summed E-state index contributed by atoms with van der Waals surface area (Å²) < 4.78 is 1.73. The quantitative estimate of drug-likeness (QED) is 0.680. The third kappa shape index (κ3) is 2.85. The Labute approximate surface area is 122 Å². The highest BCUT2D eigenvalue weighted by Gasteiger charge is 2.14. The molecule has 0 atom stereocenters. The second kappa shape index (κ2) is 5.83. The molecule has 1 aromatic carbocycles. The van der Waals surface area contributed by atoms with E-state index in [1.165, 1.54) is 23.2 Å². The third-order valence-corrected chi connectivity index (χ3v) is 3.28. The molecule has 20 heavy (non-hydrogen) atoms. The van der Waals surface area contributed by atoms with Crippen LogP contribution in [0.4, 0.5) is 11.4 Å². The van der Waals surface area contributed by atoms with E-state index < -0.39 is 4.92 Å². The Hall–Kier alpha value is -2.22. The number of hydrogen-bond acceptors (Lipinski definition) is 5. The summed E-state index contributed by atoms with van der Waals surface area (Å²) >= 11 is 3.11. The van der Waals surface area contributed by atoms with Gasteiger partial charge in [0, 0.05) is 19.3 Å². The van der Waals surface area contributed by atoms with E-state index in [1.807, 2.05) is 0 Å². The average Bonchev–Trinajstić information content (AvgIpc) is 2.43. The van der Waals surface area contributed by atoms with Crippen LogP contribution in [0.3, 0.4) is 0 Å². The minimum Gasteiger partial charge on any atom is -0.383 e. The molecule has 104 valence electrons. The van der Waals surface area contributed by atoms with Crippen molar-refractivity contribution in [2.45, 2.75) is 6.54 Å². The van der Waals surface area contributed by atoms with Crippen molar-refractivity contribution in [3.05, 3.63) is 61.2 Å². The minimum absolute atomic E-state index is 0.0268. The van der Waals surface area contributed by atoms with E-state index >= 15 is 0 Å². The molecule has 7 nitrogen and oxygen atoms in total. The Morgan fingerprint density at radius 2 is 2.25 bits per heavy atom. The molecule has 0 bridgehead atoms. The first kappa shape index (κ1) is 14.2. The SMILES string of the molecule is CNc1ccc(Cn2cncc(Br)c2=O)cc1[N+](=O)[O-]. The van der Waals surface area contributed by atoms with E-state index in [9.17, 15) is 14.9 Å². The van der Waals surface area contributed by atoms with E-state index in [-0.39, 0.29) is 17.8 Å². The molecule has 0 unspecified atom stereocenters. The van der Waals surface area contributed by atoms with Gasteiger partial charge in [-0.05, 0) is 27.6 Å². The van der Waals surface area contributed by atoms with Crippen molar-refractivity contribution in [1.82, 2.24) is 9.55 Å². The predicted octanol–water partition coefficient (Wildman–Crippen LogP) is 2.00. The number of nitrogens with zero attached hydrogens (tertiary/aromatic N) is 3. The number of halogens is 1. The van der Waals surface area contributed by atoms with Crippen molar-refractivity contribution in [2.24, 2.45) is 0 Å². The zero-order chi connectivity index (χ0) is 14.7. The highest BCUT2D eigenvalue weighted by atomic mass is 79.9. The summed E-state index contributed by atoms with van der Waals surface area (Å²) in [6.45, 7) is 0.218. The van der Waals surface area contributed by atoms with Crippen molar-refractivity contribution >= 4 is 27.3 Å². The van der Waals surface area contributed by atoms with Gasteiger partial charge in [0.2, 0.25) is 0 Å². The number of anilines is 1. The number of rotatable bonds is 4. The number of aromatic nitrogens is 2. The molecule has 1 heterocycles. The van der Waals surface area contributed by atoms with E-state index in [0.29, 0.717) is 15.7 Å². The van der Waals surface area contributed by atoms with Crippen molar-refractivity contribution in [1.29, 1.82) is 0 Å². The van der Waals surface area contributed by atoms with Crippen LogP contribution in [0, 0.1) is 10.1 Å². The Balaban J connectivity index is 2.39. The van der Waals surface area contributed by atoms with Gasteiger partial charge in [-0.15, -0.1) is 0 Å². The van der Waals surface area contributed by atoms with Crippen molar-refractivity contribution < 1.29 is 4.92 Å². The van der Waals surface area contributed by atoms with E-state index in [0.717, 1.165) is 0 Å². The molecule has 0 aliphatic carbocycles. The highest BCUT2D eigenvalue weighted by molar-refractivity contribution is 9.10. The van der Waals surface area contributed by atoms with Gasteiger partial charge in [-0.3, -0.25) is 19.5 Å². The van der Waals surface area contributed by atoms with Gasteiger partial charge in [0.25, 0.3) is 11.2 Å². The van der Waals surface area contributed by atoms with E-state index in [1.54, 1.807) is 19.2 Å². The summed E-state index contributed by atoms with van der Waals surface area (Å²) in [6, 6.07) is 4.79. The number of nitro benzene ring substituents is 1. The minimum atomic E-state index is -0.461. The van der Waals surface area contributed by atoms with Crippen LogP contribution in [0.5, 0.6) is 0 Å². The van der Waals surface area contributed by atoms with Gasteiger partial charge in [0.1, 0.15) is 10.2 Å². The van der Waals surface area contributed by atoms with Crippen molar-refractivity contribution in [3.63, 3.8) is 0 Å². The largest absolute Gasteiger partial charge is 0.383 e. The van der Waals surface area contributed by atoms with Crippen molar-refractivity contribution in [2.75, 3.05) is 12.4 Å². The lowest BCUT2D eigenvalue weighted by molar-refractivity contribution is -0.384. The first-order valence-electron chi connectivity index (χ1n) is 5.68. The highest BCUT2D eigenvalue weighted by Crippen LogP contribution is 2.25. The normalized spacial score (nSPS) is 10.3. The molecule has 0 saturated heterocycles. The van der Waals surface area contributed by atoms with Crippen LogP contribution in [0.15, 0.2) is 40.0 Å². The predicted molar refractivity (Wildman–Crippen MR) is 77.9 cm³/mol. The first-order valence-corrected chi connectivity index (χ1v) is 6.47. The summed E-state index contributed by atoms with van der Waals surface area (Å²) in [4.78, 5) is 26.3. The van der Waals surface area contributed by atoms with Gasteiger partial charge >= 0.3 is 0 Å². The van der Waals surface area contributed by atoms with Gasteiger partial charge in [-0.1, -0.05) is 6.07 Å². The fourth-order valence-corrected chi connectivity index (χ4v) is 2.12. The Morgan fingerprint density at radius 1 is 1.50 bits per heavy atom. The average molecular weight is 339 g/mol. The summed E-state index contributed by atoms with van der Waals surface area (Å²) in [5.74, 6) is 0. The monoisotopic (exact) mass is 338 g/mol. The van der Waals surface area contributed by atoms with Crippen LogP contribution in [0.1, 0.15) is 5.56 Å². The second-order valence-corrected chi connectivity index (χ2v) is 4.89. The number of benzene rings is 1. The van der Waals surface area contributed by atoms with Crippen LogP contribution >= 0.6 is 15.9 Å². The molecule has 0 saturated carbocycles. The van der Waals surface area contributed by atoms with Gasteiger partial charge in [-0.25, -0.2) is 4.98 Å². The summed E-state index contributed by atoms with van der Waals surface area (Å²) in [6.07, 6.45) is 2.80. The maximum Gasteiger partial charge on any atom is 0.292 e. The Morgan fingerprint density at radius 3 is 2.90 bits per heavy atom. The lowest BCUT2D eigenvalue weighted by atomic mass is 10.1. The number of nitrogens with one attached hydrogen (secondary N) is 1. The molecule has 8 heteroatoms. The smallest absolute Gasteiger partial charge is 0.292 e. The molecule has 1 aromatic heterocycles. The Bertz CT molecular complexity index is 714. The summed E-state index contributed by atoms with van der Waals surface area (Å²) in [5, 5.41) is 13.7. The van der Waals surface area contributed by atoms with Crippen LogP contribution < -0.4 is 10.9 Å². The van der Waals surface area contributed by atoms with E-state index in [4.69, 9.17) is 0 Å². The zero-order valence-corrected chi connectivity index (χ0v) is 12.1. The van der Waals surface area contributed by atoms with Gasteiger partial charge in [0.15, 0.2) is 0 Å². The fraction of sp³-hybridized carbons (Fsp3) is 0.167. The third-order valence-electron chi connectivity index (χ3n) is 2.74. The van der Waals surface area contributed by atoms with E-state index in [2.05, 4.69) is 26.2 Å². The molecule has 2 rings (SSSR count). The zero-order valence-electron chi connectivity index (χ0n) is 10.5. The summed E-state index contributed by atoms with van der Waals surface area (Å²) in [7, 11) is 1.62. The maximum atomic E-state index is 11.8. The lowest BCUT2D eigenvalue weighted by Crippen LogP contribution is -2.21. The van der Waals surface area contributed by atoms with Crippen molar-refractivity contribution in [3.8, 4) is 0 Å². The topological polar surface area (TPSA) is 90.1 Å². The molecule has 0 amide bonds. The molecule has 2 aromatic rings. The van der Waals surface area contributed by atoms with Crippen LogP contribution in [0.2, 0.25) is 0 Å². The molecule has 0 radical (unpaired) electrons. The Kier molecular flexibility index (Phi) is 4.14. The number of hydrogen-bond donors (Lipinski definition) is 1. The molecule has 0 spiro atoms. The first-order chi connectivity index (χ1) is 9.52. The molecule has 0 aliphatic rings. The van der Waals surface area contributed by atoms with Gasteiger partial charge < -0.3 is 5.32 Å².